The van der Waals surface area contributed by atoms with E-state index >= 15 is 0 Å². The molecule has 1 aliphatic rings. The number of hydrogen-bond acceptors (Lipinski definition) is 2. The molecule has 0 atom stereocenters. The van der Waals surface area contributed by atoms with E-state index < -0.39 is 6.09 Å². The van der Waals surface area contributed by atoms with Crippen LogP contribution in [0.3, 0.4) is 0 Å². The highest BCUT2D eigenvalue weighted by molar-refractivity contribution is 6.31. The van der Waals surface area contributed by atoms with E-state index in [0.717, 1.165) is 12.8 Å². The van der Waals surface area contributed by atoms with Gasteiger partial charge in [0.15, 0.2) is 0 Å². The van der Waals surface area contributed by atoms with Crippen molar-refractivity contribution in [2.75, 3.05) is 5.32 Å². The lowest BCUT2D eigenvalue weighted by Crippen LogP contribution is -2.16. The van der Waals surface area contributed by atoms with Crippen LogP contribution >= 0.6 is 11.6 Å². The number of nitrogens with one attached hydrogen (secondary N) is 1. The van der Waals surface area contributed by atoms with Crippen LogP contribution in [0.25, 0.3) is 0 Å². The van der Waals surface area contributed by atoms with Crippen LogP contribution in [0.15, 0.2) is 48.5 Å². The van der Waals surface area contributed by atoms with E-state index in [0.29, 0.717) is 27.9 Å². The lowest BCUT2D eigenvalue weighted by atomic mass is 10.2. The summed E-state index contributed by atoms with van der Waals surface area (Å²) in [5.74, 6) is 7.20. The van der Waals surface area contributed by atoms with Gasteiger partial charge in [-0.3, -0.25) is 5.32 Å². The molecule has 1 amide bonds. The van der Waals surface area contributed by atoms with Gasteiger partial charge in [0, 0.05) is 17.2 Å². The van der Waals surface area contributed by atoms with Crippen LogP contribution in [0.2, 0.25) is 5.02 Å². The van der Waals surface area contributed by atoms with E-state index in [-0.39, 0.29) is 0 Å². The Balaban J connectivity index is 1.68. The minimum Gasteiger partial charge on any atom is -0.410 e. The lowest BCUT2D eigenvalue weighted by Gasteiger charge is -2.07. The van der Waals surface area contributed by atoms with Crippen LogP contribution in [0.4, 0.5) is 10.5 Å². The fourth-order valence-corrected chi connectivity index (χ4v) is 2.01. The van der Waals surface area contributed by atoms with Crippen molar-refractivity contribution in [3.8, 4) is 17.6 Å². The van der Waals surface area contributed by atoms with Crippen LogP contribution < -0.4 is 10.1 Å². The molecule has 1 saturated carbocycles. The Labute approximate surface area is 134 Å². The molecule has 110 valence electrons. The average molecular weight is 312 g/mol. The largest absolute Gasteiger partial charge is 0.417 e. The van der Waals surface area contributed by atoms with Crippen molar-refractivity contribution in [2.24, 2.45) is 5.92 Å². The fourth-order valence-electron chi connectivity index (χ4n) is 1.85. The Hall–Kier alpha value is -2.44. The van der Waals surface area contributed by atoms with E-state index in [1.54, 1.807) is 42.5 Å². The smallest absolute Gasteiger partial charge is 0.410 e. The summed E-state index contributed by atoms with van der Waals surface area (Å²) in [6.07, 6.45) is 1.77. The first-order chi connectivity index (χ1) is 10.7. The summed E-state index contributed by atoms with van der Waals surface area (Å²) in [5.41, 5.74) is 1.32. The quantitative estimate of drug-likeness (QED) is 0.815. The predicted octanol–water partition coefficient (Wildman–Crippen LogP) is 4.71. The number of benzene rings is 2. The van der Waals surface area contributed by atoms with Gasteiger partial charge in [-0.25, -0.2) is 4.79 Å². The van der Waals surface area contributed by atoms with Gasteiger partial charge >= 0.3 is 6.09 Å². The molecular weight excluding hydrogens is 298 g/mol. The minimum absolute atomic E-state index is 0.489. The van der Waals surface area contributed by atoms with Gasteiger partial charge in [0.05, 0.1) is 5.02 Å². The maximum absolute atomic E-state index is 11.9. The molecule has 1 N–H and O–H groups in total. The third-order valence-corrected chi connectivity index (χ3v) is 3.48. The molecule has 0 bridgehead atoms. The summed E-state index contributed by atoms with van der Waals surface area (Å²) in [4.78, 5) is 11.9. The molecule has 2 aromatic rings. The molecule has 0 spiro atoms. The summed E-state index contributed by atoms with van der Waals surface area (Å²) in [6, 6.07) is 14.1. The Morgan fingerprint density at radius 1 is 1.18 bits per heavy atom. The summed E-state index contributed by atoms with van der Waals surface area (Å²) in [7, 11) is 0. The number of para-hydroxylation sites is 1. The van der Waals surface area contributed by atoms with E-state index in [4.69, 9.17) is 16.3 Å². The normalized spacial score (nSPS) is 13.0. The first-order valence-corrected chi connectivity index (χ1v) is 7.43. The SMILES string of the molecule is O=C(Nc1ccc(Cl)c(C#CC2CC2)c1)Oc1ccccc1. The summed E-state index contributed by atoms with van der Waals surface area (Å²) < 4.78 is 5.18. The average Bonchev–Trinajstić information content (AvgIpc) is 3.33. The molecule has 1 fully saturated rings. The monoisotopic (exact) mass is 311 g/mol. The highest BCUT2D eigenvalue weighted by Crippen LogP contribution is 2.28. The molecule has 22 heavy (non-hydrogen) atoms. The van der Waals surface area contributed by atoms with E-state index in [9.17, 15) is 4.79 Å². The zero-order valence-corrected chi connectivity index (χ0v) is 12.6. The third kappa shape index (κ3) is 4.03. The topological polar surface area (TPSA) is 38.3 Å². The van der Waals surface area contributed by atoms with E-state index in [2.05, 4.69) is 17.2 Å². The number of anilines is 1. The maximum Gasteiger partial charge on any atom is 0.417 e. The Morgan fingerprint density at radius 3 is 2.68 bits per heavy atom. The minimum atomic E-state index is -0.547. The molecule has 0 aliphatic heterocycles. The van der Waals surface area contributed by atoms with E-state index in [1.807, 2.05) is 6.07 Å². The second kappa shape index (κ2) is 6.55. The van der Waals surface area contributed by atoms with Gasteiger partial charge in [-0.15, -0.1) is 0 Å². The Kier molecular flexibility index (Phi) is 4.32. The summed E-state index contributed by atoms with van der Waals surface area (Å²) >= 11 is 6.12. The molecule has 4 heteroatoms. The molecule has 0 radical (unpaired) electrons. The Bertz CT molecular complexity index is 743. The van der Waals surface area contributed by atoms with Gasteiger partial charge in [0.1, 0.15) is 5.75 Å². The molecule has 0 unspecified atom stereocenters. The standard InChI is InChI=1S/C18H14ClNO2/c19-17-11-10-15(12-14(17)9-8-13-6-7-13)20-18(21)22-16-4-2-1-3-5-16/h1-5,10-13H,6-7H2,(H,20,21). The van der Waals surface area contributed by atoms with Gasteiger partial charge in [0.2, 0.25) is 0 Å². The molecule has 1 aliphatic carbocycles. The lowest BCUT2D eigenvalue weighted by molar-refractivity contribution is 0.215. The van der Waals surface area contributed by atoms with Crippen molar-refractivity contribution < 1.29 is 9.53 Å². The molecule has 3 nitrogen and oxygen atoms in total. The van der Waals surface area contributed by atoms with Crippen molar-refractivity contribution in [3.63, 3.8) is 0 Å². The maximum atomic E-state index is 11.9. The van der Waals surface area contributed by atoms with Gasteiger partial charge < -0.3 is 4.74 Å². The van der Waals surface area contributed by atoms with Gasteiger partial charge in [-0.1, -0.05) is 41.6 Å². The third-order valence-electron chi connectivity index (χ3n) is 3.15. The van der Waals surface area contributed by atoms with Gasteiger partial charge in [-0.2, -0.15) is 0 Å². The van der Waals surface area contributed by atoms with Gasteiger partial charge in [0.25, 0.3) is 0 Å². The van der Waals surface area contributed by atoms with Crippen molar-refractivity contribution in [2.45, 2.75) is 12.8 Å². The molecule has 0 saturated heterocycles. The number of carbonyl (C=O) groups is 1. The predicted molar refractivity (Wildman–Crippen MR) is 87.1 cm³/mol. The van der Waals surface area contributed by atoms with Gasteiger partial charge in [-0.05, 0) is 43.2 Å². The van der Waals surface area contributed by atoms with E-state index in [1.165, 1.54) is 0 Å². The fraction of sp³-hybridized carbons (Fsp3) is 0.167. The van der Waals surface area contributed by atoms with Crippen LogP contribution in [0.1, 0.15) is 18.4 Å². The van der Waals surface area contributed by atoms with Crippen molar-refractivity contribution in [1.29, 1.82) is 0 Å². The summed E-state index contributed by atoms with van der Waals surface area (Å²) in [5, 5.41) is 3.25. The molecular formula is C18H14ClNO2. The van der Waals surface area contributed by atoms with Crippen LogP contribution in [0.5, 0.6) is 5.75 Å². The zero-order chi connectivity index (χ0) is 15.4. The van der Waals surface area contributed by atoms with Crippen molar-refractivity contribution >= 4 is 23.4 Å². The second-order valence-electron chi connectivity index (χ2n) is 5.07. The first kappa shape index (κ1) is 14.5. The van der Waals surface area contributed by atoms with Crippen molar-refractivity contribution in [3.05, 3.63) is 59.1 Å². The number of hydrogen-bond donors (Lipinski definition) is 1. The second-order valence-corrected chi connectivity index (χ2v) is 5.47. The van der Waals surface area contributed by atoms with Crippen molar-refractivity contribution in [1.82, 2.24) is 0 Å². The zero-order valence-electron chi connectivity index (χ0n) is 11.8. The number of ether oxygens (including phenoxy) is 1. The highest BCUT2D eigenvalue weighted by atomic mass is 35.5. The number of carbonyl (C=O) groups excluding carboxylic acids is 1. The molecule has 3 rings (SSSR count). The van der Waals surface area contributed by atoms with Crippen LogP contribution in [-0.4, -0.2) is 6.09 Å². The van der Waals surface area contributed by atoms with Crippen LogP contribution in [0, 0.1) is 17.8 Å². The number of amides is 1. The first-order valence-electron chi connectivity index (χ1n) is 7.06. The molecule has 2 aromatic carbocycles. The highest BCUT2D eigenvalue weighted by Gasteiger charge is 2.17. The number of rotatable bonds is 2. The summed E-state index contributed by atoms with van der Waals surface area (Å²) in [6.45, 7) is 0. The Morgan fingerprint density at radius 2 is 1.95 bits per heavy atom. The van der Waals surface area contributed by atoms with Crippen LogP contribution in [-0.2, 0) is 0 Å². The molecule has 0 heterocycles. The molecule has 0 aromatic heterocycles. The number of halogens is 1.